The Hall–Kier alpha value is -1.68. The van der Waals surface area contributed by atoms with E-state index in [1.165, 1.54) is 12.1 Å². The highest BCUT2D eigenvalue weighted by Crippen LogP contribution is 2.41. The molecule has 0 unspecified atom stereocenters. The molecule has 0 radical (unpaired) electrons. The summed E-state index contributed by atoms with van der Waals surface area (Å²) in [5.74, 6) is -0.568. The number of esters is 1. The highest BCUT2D eigenvalue weighted by Gasteiger charge is 2.32. The summed E-state index contributed by atoms with van der Waals surface area (Å²) in [4.78, 5) is 11.3. The number of carbonyl (C=O) groups is 1. The third-order valence-electron chi connectivity index (χ3n) is 2.68. The molecule has 0 fully saturated rings. The molecule has 0 amide bonds. The Kier molecular flexibility index (Phi) is 6.09. The van der Waals surface area contributed by atoms with Crippen LogP contribution in [0.5, 0.6) is 0 Å². The summed E-state index contributed by atoms with van der Waals surface area (Å²) in [7, 11) is 0. The first kappa shape index (κ1) is 17.4. The second-order valence-corrected chi connectivity index (χ2v) is 5.16. The third-order valence-corrected chi connectivity index (χ3v) is 3.58. The second kappa shape index (κ2) is 7.36. The van der Waals surface area contributed by atoms with Crippen LogP contribution in [0, 0.1) is 11.3 Å². The molecule has 0 spiro atoms. The van der Waals surface area contributed by atoms with Crippen LogP contribution in [0.25, 0.3) is 0 Å². The van der Waals surface area contributed by atoms with Crippen molar-refractivity contribution in [2.45, 2.75) is 37.1 Å². The first-order chi connectivity index (χ1) is 9.82. The Morgan fingerprint density at radius 2 is 1.95 bits per heavy atom. The third kappa shape index (κ3) is 4.97. The average Bonchev–Trinajstić information content (AvgIpc) is 2.37. The number of rotatable bonds is 5. The van der Waals surface area contributed by atoms with E-state index in [4.69, 9.17) is 4.74 Å². The fourth-order valence-corrected chi connectivity index (χ4v) is 2.67. The Morgan fingerprint density at radius 1 is 1.33 bits per heavy atom. The number of benzene rings is 1. The maximum absolute atomic E-state index is 12.7. The SMILES string of the molecule is CCOC(=O)Cc1ccc(CC)c(SC(F)(F)F)c1C#N. The van der Waals surface area contributed by atoms with Gasteiger partial charge in [0.2, 0.25) is 0 Å². The number of nitrogens with zero attached hydrogens (tertiary/aromatic N) is 1. The van der Waals surface area contributed by atoms with Crippen LogP contribution in [0.1, 0.15) is 30.5 Å². The summed E-state index contributed by atoms with van der Waals surface area (Å²) >= 11 is -0.317. The van der Waals surface area contributed by atoms with Crippen LogP contribution in [0.4, 0.5) is 13.2 Å². The van der Waals surface area contributed by atoms with Crippen molar-refractivity contribution in [2.75, 3.05) is 6.61 Å². The molecular weight excluding hydrogens is 303 g/mol. The maximum atomic E-state index is 12.7. The zero-order valence-corrected chi connectivity index (χ0v) is 12.4. The molecule has 0 bridgehead atoms. The number of aryl methyl sites for hydroxylation is 1. The molecule has 0 aromatic heterocycles. The van der Waals surface area contributed by atoms with Crippen molar-refractivity contribution in [3.05, 3.63) is 28.8 Å². The Morgan fingerprint density at radius 3 is 2.43 bits per heavy atom. The number of hydrogen-bond acceptors (Lipinski definition) is 4. The van der Waals surface area contributed by atoms with E-state index in [0.29, 0.717) is 12.0 Å². The zero-order chi connectivity index (χ0) is 16.0. The Labute approximate surface area is 125 Å². The van der Waals surface area contributed by atoms with Crippen molar-refractivity contribution in [1.29, 1.82) is 5.26 Å². The molecule has 21 heavy (non-hydrogen) atoms. The minimum absolute atomic E-state index is 0.107. The van der Waals surface area contributed by atoms with E-state index in [1.807, 2.05) is 0 Å². The molecule has 7 heteroatoms. The van der Waals surface area contributed by atoms with Crippen LogP contribution in [-0.2, 0) is 22.4 Å². The van der Waals surface area contributed by atoms with Crippen LogP contribution in [0.15, 0.2) is 17.0 Å². The monoisotopic (exact) mass is 317 g/mol. The second-order valence-electron chi connectivity index (χ2n) is 4.08. The topological polar surface area (TPSA) is 50.1 Å². The molecule has 0 saturated carbocycles. The number of thioether (sulfide) groups is 1. The van der Waals surface area contributed by atoms with E-state index >= 15 is 0 Å². The standard InChI is InChI=1S/C14H14F3NO2S/c1-3-9-5-6-10(7-12(19)20-4-2)11(8-18)13(9)21-14(15,16)17/h5-6H,3-4,7H2,1-2H3. The van der Waals surface area contributed by atoms with E-state index in [1.54, 1.807) is 19.9 Å². The van der Waals surface area contributed by atoms with Gasteiger partial charge < -0.3 is 4.74 Å². The number of halogens is 3. The van der Waals surface area contributed by atoms with Gasteiger partial charge in [-0.05, 0) is 36.2 Å². The lowest BCUT2D eigenvalue weighted by atomic mass is 10.0. The van der Waals surface area contributed by atoms with Gasteiger partial charge in [0.25, 0.3) is 0 Å². The Balaban J connectivity index is 3.26. The van der Waals surface area contributed by atoms with E-state index in [0.717, 1.165) is 0 Å². The minimum atomic E-state index is -4.49. The first-order valence-electron chi connectivity index (χ1n) is 6.28. The maximum Gasteiger partial charge on any atom is 0.446 e. The highest BCUT2D eigenvalue weighted by atomic mass is 32.2. The van der Waals surface area contributed by atoms with Crippen LogP contribution in [-0.4, -0.2) is 18.1 Å². The van der Waals surface area contributed by atoms with Gasteiger partial charge in [-0.3, -0.25) is 4.79 Å². The predicted octanol–water partition coefficient (Wildman–Crippen LogP) is 3.84. The van der Waals surface area contributed by atoms with Gasteiger partial charge in [-0.25, -0.2) is 0 Å². The lowest BCUT2D eigenvalue weighted by Crippen LogP contribution is -2.10. The van der Waals surface area contributed by atoms with Gasteiger partial charge in [0.15, 0.2) is 0 Å². The van der Waals surface area contributed by atoms with Crippen molar-refractivity contribution in [3.63, 3.8) is 0 Å². The van der Waals surface area contributed by atoms with Gasteiger partial charge in [0, 0.05) is 4.90 Å². The summed E-state index contributed by atoms with van der Waals surface area (Å²) in [6, 6.07) is 4.81. The summed E-state index contributed by atoms with van der Waals surface area (Å²) < 4.78 is 42.7. The summed E-state index contributed by atoms with van der Waals surface area (Å²) in [6.45, 7) is 3.52. The quantitative estimate of drug-likeness (QED) is 0.611. The van der Waals surface area contributed by atoms with E-state index in [2.05, 4.69) is 0 Å². The van der Waals surface area contributed by atoms with Crippen LogP contribution < -0.4 is 0 Å². The van der Waals surface area contributed by atoms with Crippen LogP contribution in [0.3, 0.4) is 0 Å². The van der Waals surface area contributed by atoms with Crippen molar-refractivity contribution < 1.29 is 22.7 Å². The van der Waals surface area contributed by atoms with E-state index < -0.39 is 11.5 Å². The normalized spacial score (nSPS) is 11.0. The lowest BCUT2D eigenvalue weighted by molar-refractivity contribution is -0.142. The van der Waals surface area contributed by atoms with Crippen molar-refractivity contribution in [3.8, 4) is 6.07 Å². The molecule has 0 aliphatic carbocycles. The molecule has 1 rings (SSSR count). The molecule has 3 nitrogen and oxygen atoms in total. The van der Waals surface area contributed by atoms with Crippen LogP contribution >= 0.6 is 11.8 Å². The summed E-state index contributed by atoms with van der Waals surface area (Å²) in [5.41, 5.74) is -3.91. The number of ether oxygens (including phenoxy) is 1. The minimum Gasteiger partial charge on any atom is -0.466 e. The van der Waals surface area contributed by atoms with E-state index in [-0.39, 0.29) is 40.8 Å². The molecule has 1 aromatic carbocycles. The highest BCUT2D eigenvalue weighted by molar-refractivity contribution is 8.00. The van der Waals surface area contributed by atoms with E-state index in [9.17, 15) is 23.2 Å². The Bertz CT molecular complexity index is 565. The molecule has 0 aliphatic heterocycles. The first-order valence-corrected chi connectivity index (χ1v) is 7.10. The number of alkyl halides is 3. The number of hydrogen-bond donors (Lipinski definition) is 0. The van der Waals surface area contributed by atoms with Crippen LogP contribution in [0.2, 0.25) is 0 Å². The number of carbonyl (C=O) groups excluding carboxylic acids is 1. The molecule has 0 saturated heterocycles. The van der Waals surface area contributed by atoms with Crippen molar-refractivity contribution >= 4 is 17.7 Å². The predicted molar refractivity (Wildman–Crippen MR) is 72.8 cm³/mol. The van der Waals surface area contributed by atoms with Crippen molar-refractivity contribution in [2.24, 2.45) is 0 Å². The van der Waals surface area contributed by atoms with Gasteiger partial charge in [-0.1, -0.05) is 19.1 Å². The summed E-state index contributed by atoms with van der Waals surface area (Å²) in [5, 5.41) is 9.18. The fourth-order valence-electron chi connectivity index (χ4n) is 1.81. The zero-order valence-electron chi connectivity index (χ0n) is 11.6. The van der Waals surface area contributed by atoms with Gasteiger partial charge in [0.05, 0.1) is 18.6 Å². The smallest absolute Gasteiger partial charge is 0.446 e. The molecule has 0 aliphatic rings. The lowest BCUT2D eigenvalue weighted by Gasteiger charge is -2.14. The van der Waals surface area contributed by atoms with Gasteiger partial charge in [0.1, 0.15) is 6.07 Å². The van der Waals surface area contributed by atoms with Crippen molar-refractivity contribution in [1.82, 2.24) is 0 Å². The molecule has 1 aromatic rings. The molecule has 0 atom stereocenters. The van der Waals surface area contributed by atoms with Gasteiger partial charge in [-0.2, -0.15) is 18.4 Å². The molecule has 0 heterocycles. The summed E-state index contributed by atoms with van der Waals surface area (Å²) in [6.07, 6.45) is 0.152. The molecule has 114 valence electrons. The largest absolute Gasteiger partial charge is 0.466 e. The van der Waals surface area contributed by atoms with Gasteiger partial charge in [-0.15, -0.1) is 0 Å². The molecular formula is C14H14F3NO2S. The van der Waals surface area contributed by atoms with Gasteiger partial charge >= 0.3 is 11.5 Å². The number of nitriles is 1. The average molecular weight is 317 g/mol. The molecule has 0 N–H and O–H groups in total. The fraction of sp³-hybridized carbons (Fsp3) is 0.429.